The molecule has 0 radical (unpaired) electrons. The van der Waals surface area contributed by atoms with Gasteiger partial charge < -0.3 is 19.6 Å². The highest BCUT2D eigenvalue weighted by atomic mass is 16.5. The van der Waals surface area contributed by atoms with Gasteiger partial charge >= 0.3 is 5.97 Å². The molecule has 0 aliphatic carbocycles. The molecule has 0 unspecified atom stereocenters. The number of carbonyl (C=O) groups is 3. The van der Waals surface area contributed by atoms with Gasteiger partial charge in [-0.1, -0.05) is 162 Å². The molecule has 2 atom stereocenters. The average molecular weight is 652 g/mol. The van der Waals surface area contributed by atoms with E-state index >= 15 is 0 Å². The predicted molar refractivity (Wildman–Crippen MR) is 194 cm³/mol. The zero-order valence-corrected chi connectivity index (χ0v) is 30.9. The van der Waals surface area contributed by atoms with Crippen LogP contribution in [-0.4, -0.2) is 43.5 Å². The first-order valence-electron chi connectivity index (χ1n) is 20.1. The monoisotopic (exact) mass is 652 g/mol. The normalized spacial score (nSPS) is 12.6. The van der Waals surface area contributed by atoms with E-state index in [0.29, 0.717) is 32.5 Å². The van der Waals surface area contributed by atoms with Crippen molar-refractivity contribution >= 4 is 18.2 Å². The van der Waals surface area contributed by atoms with E-state index in [-0.39, 0.29) is 30.4 Å². The zero-order chi connectivity index (χ0) is 33.8. The Bertz CT molecular complexity index is 670. The molecule has 0 bridgehead atoms. The van der Waals surface area contributed by atoms with Crippen LogP contribution in [0.25, 0.3) is 0 Å². The van der Waals surface area contributed by atoms with E-state index in [1.807, 2.05) is 0 Å². The Morgan fingerprint density at radius 1 is 0.565 bits per heavy atom. The standard InChI is InChI=1S/C40H77NO5/c1-4-7-10-13-15-17-18-20-21-24-27-30-39(43)41-37(32-34-42)36-45-35-33-38(29-26-23-12-9-6-3)46-40(44)31-28-25-22-19-16-14-11-8-5-2/h34,37-38H,4-33,35-36H2,1-3H3,(H,41,43)/t37-,38+/m0/s1. The molecule has 1 amide bonds. The SMILES string of the molecule is CCCCCCCCCCCCCC(=O)N[C@@H](CC=O)COCC[C@@H](CCCCCCC)OC(=O)CCCCCCCCCCC. The second kappa shape index (κ2) is 36.4. The van der Waals surface area contributed by atoms with Gasteiger partial charge in [0.2, 0.25) is 5.91 Å². The lowest BCUT2D eigenvalue weighted by Gasteiger charge is -2.20. The molecule has 0 rings (SSSR count). The van der Waals surface area contributed by atoms with Crippen LogP contribution in [0, 0.1) is 0 Å². The molecule has 0 fully saturated rings. The van der Waals surface area contributed by atoms with E-state index in [4.69, 9.17) is 9.47 Å². The summed E-state index contributed by atoms with van der Waals surface area (Å²) in [4.78, 5) is 36.4. The molecule has 0 spiro atoms. The minimum Gasteiger partial charge on any atom is -0.462 e. The van der Waals surface area contributed by atoms with Crippen LogP contribution in [-0.2, 0) is 23.9 Å². The molecule has 0 aromatic carbocycles. The summed E-state index contributed by atoms with van der Waals surface area (Å²) in [5.41, 5.74) is 0. The smallest absolute Gasteiger partial charge is 0.306 e. The maximum atomic E-state index is 12.6. The number of esters is 1. The van der Waals surface area contributed by atoms with Crippen molar-refractivity contribution in [3.8, 4) is 0 Å². The Labute approximate surface area is 285 Å². The molecule has 0 heterocycles. The van der Waals surface area contributed by atoms with Crippen molar-refractivity contribution in [2.75, 3.05) is 13.2 Å². The van der Waals surface area contributed by atoms with Crippen molar-refractivity contribution in [3.63, 3.8) is 0 Å². The number of ether oxygens (including phenoxy) is 2. The van der Waals surface area contributed by atoms with E-state index in [2.05, 4.69) is 26.1 Å². The first-order chi connectivity index (χ1) is 22.6. The highest BCUT2D eigenvalue weighted by molar-refractivity contribution is 5.76. The van der Waals surface area contributed by atoms with Crippen molar-refractivity contribution < 1.29 is 23.9 Å². The Balaban J connectivity index is 4.27. The Morgan fingerprint density at radius 3 is 1.48 bits per heavy atom. The third-order valence-electron chi connectivity index (χ3n) is 9.07. The number of carbonyl (C=O) groups excluding carboxylic acids is 3. The lowest BCUT2D eigenvalue weighted by Crippen LogP contribution is -2.38. The molecule has 272 valence electrons. The van der Waals surface area contributed by atoms with Crippen molar-refractivity contribution in [1.82, 2.24) is 5.32 Å². The number of aldehydes is 1. The summed E-state index contributed by atoms with van der Waals surface area (Å²) in [6.45, 7) is 7.47. The molecular formula is C40H77NO5. The third-order valence-corrected chi connectivity index (χ3v) is 9.07. The first kappa shape index (κ1) is 44.6. The summed E-state index contributed by atoms with van der Waals surface area (Å²) in [7, 11) is 0. The van der Waals surface area contributed by atoms with Crippen LogP contribution < -0.4 is 5.32 Å². The molecule has 6 heteroatoms. The van der Waals surface area contributed by atoms with E-state index < -0.39 is 0 Å². The number of unbranched alkanes of at least 4 members (excludes halogenated alkanes) is 22. The van der Waals surface area contributed by atoms with Gasteiger partial charge in [0.05, 0.1) is 19.3 Å². The lowest BCUT2D eigenvalue weighted by atomic mass is 10.1. The topological polar surface area (TPSA) is 81.7 Å². The number of amides is 1. The second-order valence-electron chi connectivity index (χ2n) is 13.7. The van der Waals surface area contributed by atoms with E-state index in [9.17, 15) is 14.4 Å². The largest absolute Gasteiger partial charge is 0.462 e. The lowest BCUT2D eigenvalue weighted by molar-refractivity contribution is -0.150. The van der Waals surface area contributed by atoms with Gasteiger partial charge in [-0.05, 0) is 25.7 Å². The van der Waals surface area contributed by atoms with E-state index in [1.165, 1.54) is 122 Å². The molecule has 0 saturated heterocycles. The first-order valence-corrected chi connectivity index (χ1v) is 20.1. The van der Waals surface area contributed by atoms with Gasteiger partial charge in [0.25, 0.3) is 0 Å². The van der Waals surface area contributed by atoms with Crippen LogP contribution in [0.2, 0.25) is 0 Å². The summed E-state index contributed by atoms with van der Waals surface area (Å²) < 4.78 is 11.8. The fourth-order valence-electron chi connectivity index (χ4n) is 6.04. The summed E-state index contributed by atoms with van der Waals surface area (Å²) >= 11 is 0. The van der Waals surface area contributed by atoms with Crippen molar-refractivity contribution in [2.45, 2.75) is 226 Å². The van der Waals surface area contributed by atoms with Crippen LogP contribution in [0.3, 0.4) is 0 Å². The van der Waals surface area contributed by atoms with Crippen LogP contribution in [0.1, 0.15) is 213 Å². The summed E-state index contributed by atoms with van der Waals surface area (Å²) in [5, 5.41) is 3.00. The van der Waals surface area contributed by atoms with Crippen LogP contribution >= 0.6 is 0 Å². The molecule has 0 aliphatic rings. The van der Waals surface area contributed by atoms with Gasteiger partial charge in [-0.2, -0.15) is 0 Å². The van der Waals surface area contributed by atoms with Crippen LogP contribution in [0.15, 0.2) is 0 Å². The minimum absolute atomic E-state index is 0.00162. The highest BCUT2D eigenvalue weighted by Gasteiger charge is 2.16. The third kappa shape index (κ3) is 32.5. The van der Waals surface area contributed by atoms with Gasteiger partial charge in [-0.3, -0.25) is 9.59 Å². The number of nitrogens with one attached hydrogen (secondary N) is 1. The van der Waals surface area contributed by atoms with Gasteiger partial charge in [-0.25, -0.2) is 0 Å². The highest BCUT2D eigenvalue weighted by Crippen LogP contribution is 2.16. The second-order valence-corrected chi connectivity index (χ2v) is 13.7. The summed E-state index contributed by atoms with van der Waals surface area (Å²) in [6, 6.07) is -0.306. The molecular weight excluding hydrogens is 574 g/mol. The maximum Gasteiger partial charge on any atom is 0.306 e. The fraction of sp³-hybridized carbons (Fsp3) is 0.925. The minimum atomic E-state index is -0.306. The Kier molecular flexibility index (Phi) is 35.3. The Hall–Kier alpha value is -1.43. The Morgan fingerprint density at radius 2 is 1.00 bits per heavy atom. The molecule has 0 aromatic heterocycles. The quantitative estimate of drug-likeness (QED) is 0.0410. The number of rotatable bonds is 37. The molecule has 46 heavy (non-hydrogen) atoms. The van der Waals surface area contributed by atoms with Crippen molar-refractivity contribution in [1.29, 1.82) is 0 Å². The van der Waals surface area contributed by atoms with Crippen molar-refractivity contribution in [2.24, 2.45) is 0 Å². The summed E-state index contributed by atoms with van der Waals surface area (Å²) in [6.07, 6.45) is 34.2. The number of hydrogen-bond donors (Lipinski definition) is 1. The van der Waals surface area contributed by atoms with Crippen LogP contribution in [0.4, 0.5) is 0 Å². The van der Waals surface area contributed by atoms with Gasteiger partial charge in [0.15, 0.2) is 0 Å². The maximum absolute atomic E-state index is 12.6. The average Bonchev–Trinajstić information content (AvgIpc) is 3.04. The molecule has 1 N–H and O–H groups in total. The van der Waals surface area contributed by atoms with E-state index in [0.717, 1.165) is 51.2 Å². The van der Waals surface area contributed by atoms with Gasteiger partial charge in [0, 0.05) is 25.7 Å². The molecule has 6 nitrogen and oxygen atoms in total. The fourth-order valence-corrected chi connectivity index (χ4v) is 6.04. The van der Waals surface area contributed by atoms with Crippen LogP contribution in [0.5, 0.6) is 0 Å². The van der Waals surface area contributed by atoms with E-state index in [1.54, 1.807) is 0 Å². The molecule has 0 aromatic rings. The summed E-state index contributed by atoms with van der Waals surface area (Å²) in [5.74, 6) is -0.0863. The predicted octanol–water partition coefficient (Wildman–Crippen LogP) is 11.4. The molecule has 0 aliphatic heterocycles. The van der Waals surface area contributed by atoms with Crippen molar-refractivity contribution in [3.05, 3.63) is 0 Å². The zero-order valence-electron chi connectivity index (χ0n) is 30.9. The van der Waals surface area contributed by atoms with Gasteiger partial charge in [0.1, 0.15) is 12.4 Å². The van der Waals surface area contributed by atoms with Gasteiger partial charge in [-0.15, -0.1) is 0 Å². The number of hydrogen-bond acceptors (Lipinski definition) is 5. The molecule has 0 saturated carbocycles.